The smallest absolute Gasteiger partial charge is 0.244 e. The van der Waals surface area contributed by atoms with Gasteiger partial charge in [0.15, 0.2) is 0 Å². The highest BCUT2D eigenvalue weighted by Gasteiger charge is 2.07. The van der Waals surface area contributed by atoms with Crippen LogP contribution in [0.2, 0.25) is 10.0 Å². The van der Waals surface area contributed by atoms with Crippen molar-refractivity contribution in [3.05, 3.63) is 75.3 Å². The summed E-state index contributed by atoms with van der Waals surface area (Å²) in [6.07, 6.45) is 3.15. The molecule has 0 spiro atoms. The number of nitrogens with one attached hydrogen (secondary N) is 1. The molecule has 1 N–H and O–H groups in total. The van der Waals surface area contributed by atoms with Gasteiger partial charge in [-0.2, -0.15) is 0 Å². The second kappa shape index (κ2) is 7.48. The molecule has 4 heteroatoms. The van der Waals surface area contributed by atoms with Crippen molar-refractivity contribution in [3.8, 4) is 0 Å². The first-order valence-electron chi connectivity index (χ1n) is 6.96. The van der Waals surface area contributed by atoms with Crippen LogP contribution >= 0.6 is 23.2 Å². The monoisotopic (exact) mass is 333 g/mol. The third kappa shape index (κ3) is 4.62. The fourth-order valence-electron chi connectivity index (χ4n) is 2.00. The summed E-state index contributed by atoms with van der Waals surface area (Å²) in [7, 11) is 0. The van der Waals surface area contributed by atoms with Crippen LogP contribution in [0.1, 0.15) is 29.7 Å². The number of halogens is 2. The largest absolute Gasteiger partial charge is 0.346 e. The molecule has 0 heterocycles. The van der Waals surface area contributed by atoms with E-state index in [0.717, 1.165) is 11.1 Å². The highest BCUT2D eigenvalue weighted by Crippen LogP contribution is 2.22. The third-order valence-corrected chi connectivity index (χ3v) is 3.88. The summed E-state index contributed by atoms with van der Waals surface area (Å²) < 4.78 is 0. The molecule has 22 heavy (non-hydrogen) atoms. The molecular weight excluding hydrogens is 317 g/mol. The first kappa shape index (κ1) is 16.6. The Labute approximate surface area is 140 Å². The molecule has 2 aromatic carbocycles. The van der Waals surface area contributed by atoms with Gasteiger partial charge in [0, 0.05) is 16.1 Å². The average molecular weight is 334 g/mol. The maximum Gasteiger partial charge on any atom is 0.244 e. The topological polar surface area (TPSA) is 29.1 Å². The summed E-state index contributed by atoms with van der Waals surface area (Å²) in [5.41, 5.74) is 3.01. The number of hydrogen-bond acceptors (Lipinski definition) is 1. The van der Waals surface area contributed by atoms with Crippen molar-refractivity contribution >= 4 is 35.2 Å². The van der Waals surface area contributed by atoms with Gasteiger partial charge in [0.05, 0.1) is 6.04 Å². The van der Waals surface area contributed by atoms with Gasteiger partial charge in [-0.3, -0.25) is 4.79 Å². The van der Waals surface area contributed by atoms with Crippen LogP contribution in [0.5, 0.6) is 0 Å². The number of amides is 1. The standard InChI is InChI=1S/C18H17Cl2NO/c1-12-3-5-14(6-4-12)13(2)21-18(22)10-8-15-7-9-16(19)11-17(15)20/h3-11,13H,1-2H3,(H,21,22)/b10-8+/t13-/m1/s1. The molecular formula is C18H17Cl2NO. The maximum absolute atomic E-state index is 12.0. The Bertz CT molecular complexity index is 693. The lowest BCUT2D eigenvalue weighted by Crippen LogP contribution is -2.24. The Morgan fingerprint density at radius 1 is 1.14 bits per heavy atom. The van der Waals surface area contributed by atoms with Crippen LogP contribution in [0.4, 0.5) is 0 Å². The Morgan fingerprint density at radius 3 is 2.45 bits per heavy atom. The lowest BCUT2D eigenvalue weighted by atomic mass is 10.1. The van der Waals surface area contributed by atoms with Gasteiger partial charge in [-0.25, -0.2) is 0 Å². The molecule has 0 bridgehead atoms. The first-order chi connectivity index (χ1) is 10.5. The number of carbonyl (C=O) groups excluding carboxylic acids is 1. The molecule has 2 rings (SSSR count). The highest BCUT2D eigenvalue weighted by molar-refractivity contribution is 6.35. The number of benzene rings is 2. The van der Waals surface area contributed by atoms with Crippen molar-refractivity contribution in [2.75, 3.05) is 0 Å². The van der Waals surface area contributed by atoms with Crippen molar-refractivity contribution < 1.29 is 4.79 Å². The third-order valence-electron chi connectivity index (χ3n) is 3.31. The molecule has 0 saturated carbocycles. The van der Waals surface area contributed by atoms with Crippen molar-refractivity contribution in [2.24, 2.45) is 0 Å². The van der Waals surface area contributed by atoms with Gasteiger partial charge in [0.25, 0.3) is 0 Å². The molecule has 114 valence electrons. The molecule has 1 atom stereocenters. The fraction of sp³-hybridized carbons (Fsp3) is 0.167. The van der Waals surface area contributed by atoms with E-state index in [1.807, 2.05) is 38.1 Å². The lowest BCUT2D eigenvalue weighted by molar-refractivity contribution is -0.117. The molecule has 0 saturated heterocycles. The summed E-state index contributed by atoms with van der Waals surface area (Å²) in [4.78, 5) is 12.0. The Kier molecular flexibility index (Phi) is 5.64. The van der Waals surface area contributed by atoms with Gasteiger partial charge in [0.1, 0.15) is 0 Å². The van der Waals surface area contributed by atoms with E-state index in [0.29, 0.717) is 10.0 Å². The minimum absolute atomic E-state index is 0.0570. The molecule has 2 aromatic rings. The molecule has 0 aliphatic rings. The Hall–Kier alpha value is -1.77. The summed E-state index contributed by atoms with van der Waals surface area (Å²) in [6.45, 7) is 3.98. The lowest BCUT2D eigenvalue weighted by Gasteiger charge is -2.13. The van der Waals surface area contributed by atoms with Crippen LogP contribution in [0.3, 0.4) is 0 Å². The fourth-order valence-corrected chi connectivity index (χ4v) is 2.47. The summed E-state index contributed by atoms with van der Waals surface area (Å²) in [5.74, 6) is -0.168. The first-order valence-corrected chi connectivity index (χ1v) is 7.71. The molecule has 0 aliphatic carbocycles. The number of carbonyl (C=O) groups is 1. The van der Waals surface area contributed by atoms with E-state index >= 15 is 0 Å². The SMILES string of the molecule is Cc1ccc([C@@H](C)NC(=O)/C=C/c2ccc(Cl)cc2Cl)cc1. The van der Waals surface area contributed by atoms with Crippen molar-refractivity contribution in [1.29, 1.82) is 0 Å². The van der Waals surface area contributed by atoms with E-state index < -0.39 is 0 Å². The van der Waals surface area contributed by atoms with Crippen molar-refractivity contribution in [1.82, 2.24) is 5.32 Å². The van der Waals surface area contributed by atoms with Crippen LogP contribution in [-0.2, 0) is 4.79 Å². The summed E-state index contributed by atoms with van der Waals surface area (Å²) in [6, 6.07) is 13.2. The Morgan fingerprint density at radius 2 is 1.82 bits per heavy atom. The summed E-state index contributed by atoms with van der Waals surface area (Å²) >= 11 is 11.9. The summed E-state index contributed by atoms with van der Waals surface area (Å²) in [5, 5.41) is 4.01. The van der Waals surface area contributed by atoms with Crippen molar-refractivity contribution in [2.45, 2.75) is 19.9 Å². The van der Waals surface area contributed by atoms with Crippen LogP contribution in [0, 0.1) is 6.92 Å². The van der Waals surface area contributed by atoms with Crippen molar-refractivity contribution in [3.63, 3.8) is 0 Å². The van der Waals surface area contributed by atoms with E-state index in [4.69, 9.17) is 23.2 Å². The molecule has 1 amide bonds. The van der Waals surface area contributed by atoms with E-state index in [2.05, 4.69) is 5.32 Å². The van der Waals surface area contributed by atoms with Gasteiger partial charge in [0.2, 0.25) is 5.91 Å². The van der Waals surface area contributed by atoms with Gasteiger partial charge in [-0.15, -0.1) is 0 Å². The Balaban J connectivity index is 2.00. The maximum atomic E-state index is 12.0. The number of hydrogen-bond donors (Lipinski definition) is 1. The number of rotatable bonds is 4. The molecule has 0 fully saturated rings. The second-order valence-corrected chi connectivity index (χ2v) is 5.98. The van der Waals surface area contributed by atoms with Gasteiger partial charge < -0.3 is 5.32 Å². The molecule has 0 aliphatic heterocycles. The second-order valence-electron chi connectivity index (χ2n) is 5.14. The zero-order valence-corrected chi connectivity index (χ0v) is 13.9. The van der Waals surface area contributed by atoms with E-state index in [1.165, 1.54) is 11.6 Å². The van der Waals surface area contributed by atoms with Crippen LogP contribution in [0.15, 0.2) is 48.5 Å². The minimum Gasteiger partial charge on any atom is -0.346 e. The molecule has 0 radical (unpaired) electrons. The molecule has 2 nitrogen and oxygen atoms in total. The average Bonchev–Trinajstić information content (AvgIpc) is 2.47. The van der Waals surface area contributed by atoms with Gasteiger partial charge in [-0.1, -0.05) is 59.1 Å². The predicted molar refractivity (Wildman–Crippen MR) is 93.2 cm³/mol. The van der Waals surface area contributed by atoms with E-state index in [9.17, 15) is 4.79 Å². The normalized spacial score (nSPS) is 12.4. The number of aryl methyl sites for hydroxylation is 1. The zero-order chi connectivity index (χ0) is 16.1. The highest BCUT2D eigenvalue weighted by atomic mass is 35.5. The molecule has 0 aromatic heterocycles. The van der Waals surface area contributed by atoms with E-state index in [1.54, 1.807) is 24.3 Å². The van der Waals surface area contributed by atoms with Crippen LogP contribution in [0.25, 0.3) is 6.08 Å². The molecule has 0 unspecified atom stereocenters. The van der Waals surface area contributed by atoms with E-state index in [-0.39, 0.29) is 11.9 Å². The quantitative estimate of drug-likeness (QED) is 0.766. The zero-order valence-electron chi connectivity index (χ0n) is 12.4. The minimum atomic E-state index is -0.168. The van der Waals surface area contributed by atoms with Gasteiger partial charge in [-0.05, 0) is 43.2 Å². The van der Waals surface area contributed by atoms with Gasteiger partial charge >= 0.3 is 0 Å². The predicted octanol–water partition coefficient (Wildman–Crippen LogP) is 5.19. The van der Waals surface area contributed by atoms with Crippen LogP contribution in [-0.4, -0.2) is 5.91 Å². The van der Waals surface area contributed by atoms with Crippen LogP contribution < -0.4 is 5.32 Å².